The van der Waals surface area contributed by atoms with Crippen molar-refractivity contribution < 1.29 is 14.7 Å². The second kappa shape index (κ2) is 4.68. The number of carbonyl (C=O) groups excluding carboxylic acids is 1. The van der Waals surface area contributed by atoms with Gasteiger partial charge in [-0.3, -0.25) is 4.79 Å². The normalized spacial score (nSPS) is 13.9. The minimum atomic E-state index is -1.07. The molecule has 0 heterocycles. The minimum absolute atomic E-state index is 0.229. The molecular formula is C9H17NO3S. The summed E-state index contributed by atoms with van der Waals surface area (Å²) in [5.41, 5.74) is 0. The molecule has 14 heavy (non-hydrogen) atoms. The van der Waals surface area contributed by atoms with Gasteiger partial charge in [-0.05, 0) is 13.8 Å². The molecule has 0 aromatic rings. The highest BCUT2D eigenvalue weighted by atomic mass is 32.1. The van der Waals surface area contributed by atoms with Crippen LogP contribution in [0.15, 0.2) is 0 Å². The summed E-state index contributed by atoms with van der Waals surface area (Å²) in [5, 5.41) is 11.3. The van der Waals surface area contributed by atoms with Crippen molar-refractivity contribution in [3.63, 3.8) is 0 Å². The van der Waals surface area contributed by atoms with Gasteiger partial charge < -0.3 is 10.4 Å². The van der Waals surface area contributed by atoms with Crippen molar-refractivity contribution in [3.05, 3.63) is 0 Å². The average molecular weight is 219 g/mol. The predicted molar refractivity (Wildman–Crippen MR) is 57.5 cm³/mol. The van der Waals surface area contributed by atoms with Crippen molar-refractivity contribution in [2.45, 2.75) is 38.5 Å². The number of amides is 1. The predicted octanol–water partition coefficient (Wildman–Crippen LogP) is 0.920. The lowest BCUT2D eigenvalue weighted by atomic mass is 10.0. The Balaban J connectivity index is 4.56. The lowest BCUT2D eigenvalue weighted by molar-refractivity contribution is -0.143. The van der Waals surface area contributed by atoms with Crippen LogP contribution in [0.4, 0.5) is 0 Å². The molecule has 0 bridgehead atoms. The fraction of sp³-hybridized carbons (Fsp3) is 0.778. The molecule has 0 spiro atoms. The van der Waals surface area contributed by atoms with E-state index in [1.807, 2.05) is 0 Å². The molecular weight excluding hydrogens is 202 g/mol. The van der Waals surface area contributed by atoms with Crippen LogP contribution < -0.4 is 5.32 Å². The van der Waals surface area contributed by atoms with Crippen LogP contribution in [0.5, 0.6) is 0 Å². The van der Waals surface area contributed by atoms with E-state index in [4.69, 9.17) is 5.11 Å². The molecule has 0 rings (SSSR count). The first-order valence-electron chi connectivity index (χ1n) is 4.41. The molecule has 0 fully saturated rings. The minimum Gasteiger partial charge on any atom is -0.480 e. The number of hydrogen-bond donors (Lipinski definition) is 3. The second-order valence-electron chi connectivity index (χ2n) is 4.09. The third-order valence-corrected chi connectivity index (χ3v) is 2.02. The van der Waals surface area contributed by atoms with Gasteiger partial charge in [0.1, 0.15) is 6.04 Å². The summed E-state index contributed by atoms with van der Waals surface area (Å²) in [4.78, 5) is 22.1. The number of carboxylic acid groups (broad SMARTS) is 1. The Hall–Kier alpha value is -0.710. The Labute approximate surface area is 89.5 Å². The third kappa shape index (κ3) is 4.00. The Morgan fingerprint density at radius 1 is 1.36 bits per heavy atom. The maximum atomic E-state index is 11.3. The number of aliphatic carboxylic acids is 1. The lowest BCUT2D eigenvalue weighted by Gasteiger charge is -2.27. The number of hydrogen-bond acceptors (Lipinski definition) is 3. The van der Waals surface area contributed by atoms with E-state index >= 15 is 0 Å². The molecule has 1 amide bonds. The van der Waals surface area contributed by atoms with Gasteiger partial charge >= 0.3 is 5.97 Å². The number of nitrogens with one attached hydrogen (secondary N) is 1. The van der Waals surface area contributed by atoms with Crippen molar-refractivity contribution in [1.29, 1.82) is 0 Å². The summed E-state index contributed by atoms with van der Waals surface area (Å²) in [5.74, 6) is -1.58. The summed E-state index contributed by atoms with van der Waals surface area (Å²) in [7, 11) is 0. The molecule has 0 radical (unpaired) electrons. The van der Waals surface area contributed by atoms with Gasteiger partial charge in [0.15, 0.2) is 0 Å². The summed E-state index contributed by atoms with van der Waals surface area (Å²) >= 11 is 4.14. The van der Waals surface area contributed by atoms with E-state index in [2.05, 4.69) is 17.9 Å². The van der Waals surface area contributed by atoms with Crippen molar-refractivity contribution in [3.8, 4) is 0 Å². The third-order valence-electron chi connectivity index (χ3n) is 1.76. The van der Waals surface area contributed by atoms with E-state index in [9.17, 15) is 9.59 Å². The average Bonchev–Trinajstić information content (AvgIpc) is 1.96. The van der Waals surface area contributed by atoms with Crippen molar-refractivity contribution in [1.82, 2.24) is 5.32 Å². The van der Waals surface area contributed by atoms with E-state index in [1.165, 1.54) is 0 Å². The largest absolute Gasteiger partial charge is 0.480 e. The molecule has 0 aliphatic heterocycles. The van der Waals surface area contributed by atoms with Crippen LogP contribution >= 0.6 is 12.6 Å². The fourth-order valence-electron chi connectivity index (χ4n) is 0.849. The first kappa shape index (κ1) is 13.3. The van der Waals surface area contributed by atoms with Crippen molar-refractivity contribution in [2.75, 3.05) is 0 Å². The molecule has 0 aliphatic rings. The zero-order valence-corrected chi connectivity index (χ0v) is 9.76. The Morgan fingerprint density at radius 2 is 1.79 bits per heavy atom. The van der Waals surface area contributed by atoms with Gasteiger partial charge in [-0.15, -0.1) is 0 Å². The van der Waals surface area contributed by atoms with Crippen molar-refractivity contribution >= 4 is 24.5 Å². The summed E-state index contributed by atoms with van der Waals surface area (Å²) in [6, 6.07) is -0.972. The number of carbonyl (C=O) groups is 2. The highest BCUT2D eigenvalue weighted by molar-refractivity contribution is 7.81. The van der Waals surface area contributed by atoms with E-state index in [-0.39, 0.29) is 11.8 Å². The molecule has 0 saturated carbocycles. The zero-order chi connectivity index (χ0) is 11.5. The van der Waals surface area contributed by atoms with Gasteiger partial charge in [0, 0.05) is 10.7 Å². The highest BCUT2D eigenvalue weighted by Crippen LogP contribution is 2.18. The van der Waals surface area contributed by atoms with E-state index in [0.29, 0.717) is 0 Å². The van der Waals surface area contributed by atoms with Crippen LogP contribution in [-0.2, 0) is 9.59 Å². The maximum absolute atomic E-state index is 11.3. The van der Waals surface area contributed by atoms with E-state index in [0.717, 1.165) is 0 Å². The van der Waals surface area contributed by atoms with E-state index in [1.54, 1.807) is 27.7 Å². The highest BCUT2D eigenvalue weighted by Gasteiger charge is 2.33. The van der Waals surface area contributed by atoms with Gasteiger partial charge in [0.2, 0.25) is 5.91 Å². The van der Waals surface area contributed by atoms with Gasteiger partial charge in [0.05, 0.1) is 0 Å². The summed E-state index contributed by atoms with van der Waals surface area (Å²) in [6.45, 7) is 6.71. The zero-order valence-electron chi connectivity index (χ0n) is 8.87. The Bertz CT molecular complexity index is 233. The molecule has 0 saturated heterocycles. The van der Waals surface area contributed by atoms with Crippen LogP contribution in [-0.4, -0.2) is 27.8 Å². The maximum Gasteiger partial charge on any atom is 0.327 e. The Morgan fingerprint density at radius 3 is 2.00 bits per heavy atom. The van der Waals surface area contributed by atoms with Crippen LogP contribution in [0.2, 0.25) is 0 Å². The quantitative estimate of drug-likeness (QED) is 0.616. The topological polar surface area (TPSA) is 66.4 Å². The standard InChI is InChI=1S/C9H17NO3S/c1-5(2)7(11)10-6(8(12)13)9(3,4)14/h5-6,14H,1-4H3,(H,10,11)(H,12,13)/t6-/m1/s1. The van der Waals surface area contributed by atoms with Crippen molar-refractivity contribution in [2.24, 2.45) is 5.92 Å². The smallest absolute Gasteiger partial charge is 0.327 e. The fourth-order valence-corrected chi connectivity index (χ4v) is 1.02. The Kier molecular flexibility index (Phi) is 4.45. The molecule has 5 heteroatoms. The van der Waals surface area contributed by atoms with Gasteiger partial charge in [-0.1, -0.05) is 13.8 Å². The number of thiol groups is 1. The number of rotatable bonds is 4. The summed E-state index contributed by atoms with van der Waals surface area (Å²) in [6.07, 6.45) is 0. The molecule has 0 aromatic heterocycles. The van der Waals surface area contributed by atoms with Crippen LogP contribution in [0.25, 0.3) is 0 Å². The molecule has 4 nitrogen and oxygen atoms in total. The van der Waals surface area contributed by atoms with Gasteiger partial charge in [-0.25, -0.2) is 4.79 Å². The SMILES string of the molecule is CC(C)C(=O)N[C@H](C(=O)O)C(C)(C)S. The van der Waals surface area contributed by atoms with Gasteiger partial charge in [-0.2, -0.15) is 12.6 Å². The molecule has 0 aromatic carbocycles. The molecule has 0 aliphatic carbocycles. The molecule has 0 unspecified atom stereocenters. The molecule has 1 atom stereocenters. The summed E-state index contributed by atoms with van der Waals surface area (Å²) < 4.78 is -0.781. The van der Waals surface area contributed by atoms with Gasteiger partial charge in [0.25, 0.3) is 0 Å². The first-order chi connectivity index (χ1) is 6.16. The molecule has 82 valence electrons. The number of carboxylic acids is 1. The van der Waals surface area contributed by atoms with E-state index < -0.39 is 16.8 Å². The van der Waals surface area contributed by atoms with Crippen LogP contribution in [0.1, 0.15) is 27.7 Å². The van der Waals surface area contributed by atoms with Crippen LogP contribution in [0, 0.1) is 5.92 Å². The molecule has 2 N–H and O–H groups in total. The van der Waals surface area contributed by atoms with Crippen LogP contribution in [0.3, 0.4) is 0 Å². The first-order valence-corrected chi connectivity index (χ1v) is 4.86. The monoisotopic (exact) mass is 219 g/mol. The lowest BCUT2D eigenvalue weighted by Crippen LogP contribution is -2.52. The second-order valence-corrected chi connectivity index (χ2v) is 5.24.